The lowest BCUT2D eigenvalue weighted by Gasteiger charge is -2.58. The van der Waals surface area contributed by atoms with Crippen LogP contribution in [0.4, 0.5) is 0 Å². The van der Waals surface area contributed by atoms with Gasteiger partial charge in [0.25, 0.3) is 0 Å². The van der Waals surface area contributed by atoms with Crippen molar-refractivity contribution >= 4 is 5.97 Å². The van der Waals surface area contributed by atoms with Gasteiger partial charge in [0, 0.05) is 44.4 Å². The van der Waals surface area contributed by atoms with E-state index in [1.165, 1.54) is 75.4 Å². The number of nitrogens with zero attached hydrogens (tertiary/aromatic N) is 2. The molecule has 0 bridgehead atoms. The number of rotatable bonds is 3. The number of likely N-dealkylation sites (N-methyl/N-ethyl adjacent to an activating group) is 1. The Balaban J connectivity index is 1.29. The Hall–Kier alpha value is -0.910. The summed E-state index contributed by atoms with van der Waals surface area (Å²) in [5, 5.41) is 0. The first-order valence-electron chi connectivity index (χ1n) is 15.2. The van der Waals surface area contributed by atoms with E-state index >= 15 is 0 Å². The highest BCUT2D eigenvalue weighted by molar-refractivity contribution is 5.66. The lowest BCUT2D eigenvalue weighted by Crippen LogP contribution is -2.62. The number of hydrogen-bond donors (Lipinski definition) is 0. The molecule has 0 aromatic carbocycles. The minimum absolute atomic E-state index is 0.0394. The topological polar surface area (TPSA) is 35.5 Å². The van der Waals surface area contributed by atoms with Gasteiger partial charge in [-0.1, -0.05) is 25.5 Å². The van der Waals surface area contributed by atoms with Gasteiger partial charge in [0.05, 0.1) is 46.4 Å². The zero-order valence-corrected chi connectivity index (χ0v) is 23.8. The Morgan fingerprint density at radius 3 is 2.42 bits per heavy atom. The Bertz CT molecular complexity index is 903. The summed E-state index contributed by atoms with van der Waals surface area (Å²) in [4.78, 5) is 12.4. The predicted molar refractivity (Wildman–Crippen MR) is 142 cm³/mol. The van der Waals surface area contributed by atoms with Crippen LogP contribution in [0.5, 0.6) is 0 Å². The van der Waals surface area contributed by atoms with Crippen molar-refractivity contribution in [3.63, 3.8) is 0 Å². The average Bonchev–Trinajstić information content (AvgIpc) is 3.41. The fourth-order valence-corrected chi connectivity index (χ4v) is 10.6. The molecule has 6 rings (SSSR count). The quantitative estimate of drug-likeness (QED) is 0.313. The number of allylic oxidation sites excluding steroid dienone is 1. The van der Waals surface area contributed by atoms with Crippen LogP contribution in [0.1, 0.15) is 78.6 Å². The molecule has 0 spiro atoms. The molecular formula is C31H52N2O3+2. The van der Waals surface area contributed by atoms with Gasteiger partial charge in [-0.3, -0.25) is 4.79 Å². The summed E-state index contributed by atoms with van der Waals surface area (Å²) >= 11 is 0. The van der Waals surface area contributed by atoms with Crippen LogP contribution in [0.3, 0.4) is 0 Å². The third-order valence-corrected chi connectivity index (χ3v) is 13.1. The van der Waals surface area contributed by atoms with Crippen LogP contribution < -0.4 is 0 Å². The van der Waals surface area contributed by atoms with Gasteiger partial charge in [-0.15, -0.1) is 0 Å². The maximum atomic E-state index is 12.4. The smallest absolute Gasteiger partial charge is 0.303 e. The third kappa shape index (κ3) is 3.77. The molecule has 5 nitrogen and oxygen atoms in total. The van der Waals surface area contributed by atoms with Gasteiger partial charge in [-0.25, -0.2) is 0 Å². The van der Waals surface area contributed by atoms with Crippen molar-refractivity contribution in [3.8, 4) is 0 Å². The third-order valence-electron chi connectivity index (χ3n) is 13.1. The minimum atomic E-state index is -0.0940. The van der Waals surface area contributed by atoms with Gasteiger partial charge in [0.15, 0.2) is 6.10 Å². The molecule has 5 fully saturated rings. The van der Waals surface area contributed by atoms with Crippen LogP contribution in [0.2, 0.25) is 0 Å². The summed E-state index contributed by atoms with van der Waals surface area (Å²) in [6.45, 7) is 13.3. The van der Waals surface area contributed by atoms with Crippen molar-refractivity contribution in [2.75, 3.05) is 53.5 Å². The first-order chi connectivity index (χ1) is 17.1. The predicted octanol–water partition coefficient (Wildman–Crippen LogP) is 4.95. The average molecular weight is 501 g/mol. The molecular weight excluding hydrogens is 448 g/mol. The largest absolute Gasteiger partial charge is 0.456 e. The molecule has 0 N–H and O–H groups in total. The Labute approximate surface area is 219 Å². The van der Waals surface area contributed by atoms with Crippen molar-refractivity contribution in [1.29, 1.82) is 0 Å². The van der Waals surface area contributed by atoms with Gasteiger partial charge < -0.3 is 18.4 Å². The molecule has 2 saturated heterocycles. The molecule has 0 amide bonds. The fourth-order valence-electron chi connectivity index (χ4n) is 10.6. The second kappa shape index (κ2) is 8.81. The van der Waals surface area contributed by atoms with Crippen LogP contribution in [-0.4, -0.2) is 86.6 Å². The summed E-state index contributed by atoms with van der Waals surface area (Å²) in [6, 6.07) is 1.24. The summed E-state index contributed by atoms with van der Waals surface area (Å²) in [5.41, 5.74) is 2.30. The van der Waals surface area contributed by atoms with Gasteiger partial charge in [-0.05, 0) is 48.9 Å². The standard InChI is InChI=1S/C31H52N2O3/c1-22(34)36-29-28(33(5)16-18-35-19-17-33)21-27-25-9-8-23-20-24(32(4)14-6-7-15-32)10-12-30(23,2)26(25)11-13-31(27,29)3/h8,24-29H,6-7,9-21H2,1-5H3/q+2/t24-,25+,26-,27-,28-,29-,30-,31-/m0/s1. The number of quaternary nitrogens is 2. The summed E-state index contributed by atoms with van der Waals surface area (Å²) in [7, 11) is 4.95. The summed E-state index contributed by atoms with van der Waals surface area (Å²) < 4.78 is 14.4. The van der Waals surface area contributed by atoms with Crippen molar-refractivity contribution in [2.45, 2.75) is 96.7 Å². The van der Waals surface area contributed by atoms with Crippen molar-refractivity contribution < 1.29 is 23.2 Å². The monoisotopic (exact) mass is 500 g/mol. The molecule has 202 valence electrons. The van der Waals surface area contributed by atoms with E-state index in [4.69, 9.17) is 9.47 Å². The molecule has 4 aliphatic carbocycles. The molecule has 0 radical (unpaired) electrons. The highest BCUT2D eigenvalue weighted by Crippen LogP contribution is 2.66. The van der Waals surface area contributed by atoms with E-state index in [-0.39, 0.29) is 17.5 Å². The van der Waals surface area contributed by atoms with Gasteiger partial charge >= 0.3 is 5.97 Å². The molecule has 6 aliphatic rings. The number of carbonyl (C=O) groups excluding carboxylic acids is 1. The molecule has 0 unspecified atom stereocenters. The van der Waals surface area contributed by atoms with E-state index in [0.717, 1.165) is 48.7 Å². The van der Waals surface area contributed by atoms with Crippen LogP contribution in [0.25, 0.3) is 0 Å². The van der Waals surface area contributed by atoms with Crippen molar-refractivity contribution in [1.82, 2.24) is 0 Å². The summed E-state index contributed by atoms with van der Waals surface area (Å²) in [6.07, 6.45) is 14.7. The molecule has 0 aromatic rings. The molecule has 0 aromatic heterocycles. The Kier molecular flexibility index (Phi) is 6.21. The van der Waals surface area contributed by atoms with Crippen molar-refractivity contribution in [2.24, 2.45) is 28.6 Å². The zero-order valence-electron chi connectivity index (χ0n) is 23.8. The minimum Gasteiger partial charge on any atom is -0.456 e. The number of carbonyl (C=O) groups is 1. The number of esters is 1. The molecule has 8 atom stereocenters. The van der Waals surface area contributed by atoms with Crippen molar-refractivity contribution in [3.05, 3.63) is 11.6 Å². The maximum absolute atomic E-state index is 12.4. The van der Waals surface area contributed by atoms with Crippen LogP contribution in [0, 0.1) is 28.6 Å². The zero-order chi connectivity index (χ0) is 25.3. The highest BCUT2D eigenvalue weighted by atomic mass is 16.5. The van der Waals surface area contributed by atoms with Crippen LogP contribution in [-0.2, 0) is 14.3 Å². The second-order valence-electron chi connectivity index (χ2n) is 14.7. The lowest BCUT2D eigenvalue weighted by atomic mass is 9.47. The van der Waals surface area contributed by atoms with Gasteiger partial charge in [-0.2, -0.15) is 0 Å². The Morgan fingerprint density at radius 2 is 1.72 bits per heavy atom. The number of fused-ring (bicyclic) bond motifs is 5. The van der Waals surface area contributed by atoms with Crippen LogP contribution in [0.15, 0.2) is 11.6 Å². The van der Waals surface area contributed by atoms with E-state index in [9.17, 15) is 4.79 Å². The van der Waals surface area contributed by atoms with E-state index in [0.29, 0.717) is 17.4 Å². The van der Waals surface area contributed by atoms with Crippen LogP contribution >= 0.6 is 0 Å². The van der Waals surface area contributed by atoms with E-state index in [1.54, 1.807) is 6.92 Å². The molecule has 36 heavy (non-hydrogen) atoms. The summed E-state index contributed by atoms with van der Waals surface area (Å²) in [5.74, 6) is 2.09. The second-order valence-corrected chi connectivity index (χ2v) is 14.7. The first-order valence-corrected chi connectivity index (χ1v) is 15.2. The molecule has 2 heterocycles. The Morgan fingerprint density at radius 1 is 1.00 bits per heavy atom. The normalized spacial score (nSPS) is 47.3. The number of likely N-dealkylation sites (tertiary alicyclic amines) is 1. The SMILES string of the molecule is CC(=O)O[C@H]1[C@@H]([N+]2(C)CCOCC2)C[C@H]2[C@@H]3CC=C4C[C@@H]([N+]5(C)CCCC5)CC[C@]4(C)[C@H]3CC[C@@]21C. The van der Waals surface area contributed by atoms with Gasteiger partial charge in [0.2, 0.25) is 0 Å². The van der Waals surface area contributed by atoms with E-state index < -0.39 is 0 Å². The van der Waals surface area contributed by atoms with Gasteiger partial charge in [0.1, 0.15) is 19.1 Å². The molecule has 2 aliphatic heterocycles. The number of morpholine rings is 1. The number of hydrogen-bond acceptors (Lipinski definition) is 3. The molecule has 3 saturated carbocycles. The molecule has 5 heteroatoms. The number of ether oxygens (including phenoxy) is 2. The first kappa shape index (κ1) is 25.4. The van der Waals surface area contributed by atoms with E-state index in [2.05, 4.69) is 34.0 Å². The van der Waals surface area contributed by atoms with E-state index in [1.807, 2.05) is 5.57 Å². The lowest BCUT2D eigenvalue weighted by molar-refractivity contribution is -0.942. The fraction of sp³-hybridized carbons (Fsp3) is 0.903. The highest BCUT2D eigenvalue weighted by Gasteiger charge is 2.66. The maximum Gasteiger partial charge on any atom is 0.303 e.